The van der Waals surface area contributed by atoms with Gasteiger partial charge in [-0.15, -0.1) is 0 Å². The maximum absolute atomic E-state index is 12.9. The monoisotopic (exact) mass is 634 g/mol. The van der Waals surface area contributed by atoms with Crippen molar-refractivity contribution in [2.24, 2.45) is 0 Å². The Morgan fingerprint density at radius 2 is 1.53 bits per heavy atom. The van der Waals surface area contributed by atoms with Gasteiger partial charge in [-0.3, -0.25) is 9.80 Å². The number of imidazole rings is 2. The maximum atomic E-state index is 12.9. The Labute approximate surface area is 275 Å². The highest BCUT2D eigenvalue weighted by atomic mass is 16.6. The third-order valence-corrected chi connectivity index (χ3v) is 7.99. The first-order valence-electron chi connectivity index (χ1n) is 16.0. The van der Waals surface area contributed by atoms with Crippen molar-refractivity contribution < 1.29 is 19.1 Å². The minimum atomic E-state index is -0.576. The number of hydrogen-bond donors (Lipinski definition) is 2. The summed E-state index contributed by atoms with van der Waals surface area (Å²) < 4.78 is 11.2. The summed E-state index contributed by atoms with van der Waals surface area (Å²) in [6.07, 6.45) is 6.63. The van der Waals surface area contributed by atoms with E-state index in [0.717, 1.165) is 51.8 Å². The van der Waals surface area contributed by atoms with Crippen LogP contribution >= 0.6 is 0 Å². The summed E-state index contributed by atoms with van der Waals surface area (Å²) in [6.45, 7) is 14.4. The first kappa shape index (κ1) is 31.9. The molecule has 2 aliphatic rings. The molecule has 47 heavy (non-hydrogen) atoms. The summed E-state index contributed by atoms with van der Waals surface area (Å²) in [5.74, 6) is 7.85. The highest BCUT2D eigenvalue weighted by Gasteiger charge is 2.35. The number of nitrogens with zero attached hydrogens (tertiary/aromatic N) is 4. The van der Waals surface area contributed by atoms with E-state index in [1.807, 2.05) is 66.8 Å². The molecule has 10 nitrogen and oxygen atoms in total. The molecule has 2 aromatic heterocycles. The van der Waals surface area contributed by atoms with E-state index in [1.54, 1.807) is 16.0 Å². The third kappa shape index (κ3) is 7.35. The van der Waals surface area contributed by atoms with Gasteiger partial charge < -0.3 is 19.4 Å². The van der Waals surface area contributed by atoms with E-state index in [-0.39, 0.29) is 24.3 Å². The van der Waals surface area contributed by atoms with Crippen molar-refractivity contribution in [2.75, 3.05) is 13.1 Å². The quantitative estimate of drug-likeness (QED) is 0.177. The van der Waals surface area contributed by atoms with E-state index in [1.165, 1.54) is 0 Å². The number of carbonyl (C=O) groups excluding carboxylic acids is 2. The van der Waals surface area contributed by atoms with Crippen LogP contribution in [0.5, 0.6) is 0 Å². The van der Waals surface area contributed by atoms with Crippen LogP contribution < -0.4 is 0 Å². The molecule has 2 aromatic carbocycles. The van der Waals surface area contributed by atoms with E-state index < -0.39 is 11.2 Å². The van der Waals surface area contributed by atoms with Crippen molar-refractivity contribution in [1.29, 1.82) is 0 Å². The molecular weight excluding hydrogens is 592 g/mol. The molecule has 1 fully saturated rings. The van der Waals surface area contributed by atoms with Crippen LogP contribution in [0.4, 0.5) is 9.59 Å². The van der Waals surface area contributed by atoms with Crippen molar-refractivity contribution in [1.82, 2.24) is 29.7 Å². The molecule has 2 atom stereocenters. The number of amides is 2. The van der Waals surface area contributed by atoms with Crippen molar-refractivity contribution in [2.45, 2.75) is 84.6 Å². The molecule has 0 aliphatic carbocycles. The number of nitrogens with one attached hydrogen (secondary N) is 2. The minimum Gasteiger partial charge on any atom is -0.444 e. The Bertz CT molecular complexity index is 1910. The molecule has 2 aliphatic heterocycles. The van der Waals surface area contributed by atoms with Gasteiger partial charge in [0.05, 0.1) is 24.1 Å². The van der Waals surface area contributed by atoms with Gasteiger partial charge in [0.15, 0.2) is 0 Å². The highest BCUT2D eigenvalue weighted by Crippen LogP contribution is 2.33. The Morgan fingerprint density at radius 3 is 2.28 bits per heavy atom. The lowest BCUT2D eigenvalue weighted by Crippen LogP contribution is -2.37. The molecule has 2 N–H and O–H groups in total. The number of H-pyrrole nitrogens is 2. The van der Waals surface area contributed by atoms with Gasteiger partial charge in [-0.1, -0.05) is 35.8 Å². The number of aromatic amines is 2. The summed E-state index contributed by atoms with van der Waals surface area (Å²) in [4.78, 5) is 45.0. The van der Waals surface area contributed by atoms with Crippen LogP contribution in [0.1, 0.15) is 96.3 Å². The Morgan fingerprint density at radius 1 is 0.851 bits per heavy atom. The lowest BCUT2D eigenvalue weighted by atomic mass is 10.0. The number of benzene rings is 2. The van der Waals surface area contributed by atoms with Crippen LogP contribution in [-0.4, -0.2) is 66.2 Å². The average Bonchev–Trinajstić information content (AvgIpc) is 3.80. The Hall–Kier alpha value is -5.04. The summed E-state index contributed by atoms with van der Waals surface area (Å²) in [5, 5.41) is 2.14. The molecular formula is C37H42N6O4. The van der Waals surface area contributed by atoms with Gasteiger partial charge in [-0.25, -0.2) is 19.6 Å². The van der Waals surface area contributed by atoms with E-state index in [0.29, 0.717) is 24.6 Å². The number of fused-ring (bicyclic) bond motifs is 1. The zero-order chi connectivity index (χ0) is 33.5. The second kappa shape index (κ2) is 12.3. The number of aromatic nitrogens is 4. The van der Waals surface area contributed by atoms with Gasteiger partial charge in [0.2, 0.25) is 0 Å². The van der Waals surface area contributed by atoms with Crippen LogP contribution in [0.2, 0.25) is 0 Å². The minimum absolute atomic E-state index is 0.149. The van der Waals surface area contributed by atoms with Gasteiger partial charge in [-0.05, 0) is 96.2 Å². The largest absolute Gasteiger partial charge is 0.444 e. The van der Waals surface area contributed by atoms with Crippen LogP contribution in [0.25, 0.3) is 22.0 Å². The lowest BCUT2D eigenvalue weighted by Gasteiger charge is -2.27. The average molecular weight is 635 g/mol. The molecule has 0 spiro atoms. The standard InChI is InChI=1S/C37H42N6O4/c1-23-17-31(43(22-23)35(45)47-37(5,6)7)33-39-21-29(41-33)27-14-13-25-18-24(10-12-26(25)19-27)11-15-28-20-38-32(40-28)30-9-8-16-42(30)34(44)46-36(2,3)4/h10,12-14,17-21,30-31H,8-9,16,22H2,1-7H3,(H,38,40)(H,39,41)/t30-,31?/m0/s1. The zero-order valence-corrected chi connectivity index (χ0v) is 28.1. The molecule has 0 radical (unpaired) electrons. The smallest absolute Gasteiger partial charge is 0.411 e. The van der Waals surface area contributed by atoms with E-state index in [4.69, 9.17) is 9.47 Å². The fourth-order valence-electron chi connectivity index (χ4n) is 5.93. The number of ether oxygens (including phenoxy) is 2. The molecule has 1 saturated heterocycles. The van der Waals surface area contributed by atoms with Crippen LogP contribution in [-0.2, 0) is 9.47 Å². The lowest BCUT2D eigenvalue weighted by molar-refractivity contribution is 0.0213. The van der Waals surface area contributed by atoms with Crippen LogP contribution in [0.15, 0.2) is 60.4 Å². The summed E-state index contributed by atoms with van der Waals surface area (Å²) in [5.41, 5.74) is 3.41. The maximum Gasteiger partial charge on any atom is 0.411 e. The van der Waals surface area contributed by atoms with Crippen molar-refractivity contribution in [3.05, 3.63) is 83.3 Å². The Kier molecular flexibility index (Phi) is 8.35. The molecule has 4 heterocycles. The topological polar surface area (TPSA) is 116 Å². The van der Waals surface area contributed by atoms with Crippen molar-refractivity contribution in [3.8, 4) is 23.1 Å². The summed E-state index contributed by atoms with van der Waals surface area (Å²) >= 11 is 0. The predicted molar refractivity (Wildman–Crippen MR) is 180 cm³/mol. The van der Waals surface area contributed by atoms with Crippen LogP contribution in [0, 0.1) is 11.8 Å². The Balaban J connectivity index is 1.15. The first-order chi connectivity index (χ1) is 22.2. The van der Waals surface area contributed by atoms with Crippen molar-refractivity contribution in [3.63, 3.8) is 0 Å². The molecule has 10 heteroatoms. The normalized spacial score (nSPS) is 18.2. The molecule has 0 saturated carbocycles. The third-order valence-electron chi connectivity index (χ3n) is 7.99. The number of likely N-dealkylation sites (tertiary alicyclic amines) is 1. The molecule has 2 amide bonds. The zero-order valence-electron chi connectivity index (χ0n) is 28.1. The molecule has 1 unspecified atom stereocenters. The SMILES string of the molecule is CC1=CC(c2ncc(-c3ccc4cc(C#Cc5cnc([C@@H]6CCCN6C(=O)OC(C)(C)C)[nH]5)ccc4c3)[nH]2)N(C(=O)OC(C)(C)C)C1. The number of hydrogen-bond acceptors (Lipinski definition) is 6. The second-order valence-electron chi connectivity index (χ2n) is 14.3. The first-order valence-corrected chi connectivity index (χ1v) is 16.0. The van der Waals surface area contributed by atoms with E-state index in [2.05, 4.69) is 62.1 Å². The van der Waals surface area contributed by atoms with Gasteiger partial charge in [0.25, 0.3) is 0 Å². The number of rotatable bonds is 3. The summed E-state index contributed by atoms with van der Waals surface area (Å²) in [6, 6.07) is 11.9. The predicted octanol–water partition coefficient (Wildman–Crippen LogP) is 7.66. The summed E-state index contributed by atoms with van der Waals surface area (Å²) in [7, 11) is 0. The molecule has 4 aromatic rings. The fourth-order valence-corrected chi connectivity index (χ4v) is 5.93. The van der Waals surface area contributed by atoms with Gasteiger partial charge in [0.1, 0.15) is 34.6 Å². The molecule has 0 bridgehead atoms. The van der Waals surface area contributed by atoms with Gasteiger partial charge in [-0.2, -0.15) is 0 Å². The van der Waals surface area contributed by atoms with E-state index >= 15 is 0 Å². The van der Waals surface area contributed by atoms with E-state index in [9.17, 15) is 9.59 Å². The highest BCUT2D eigenvalue weighted by molar-refractivity contribution is 5.88. The van der Waals surface area contributed by atoms with Gasteiger partial charge >= 0.3 is 12.2 Å². The number of carbonyl (C=O) groups is 2. The van der Waals surface area contributed by atoms with Gasteiger partial charge in [0, 0.05) is 24.2 Å². The molecule has 6 rings (SSSR count). The molecule has 244 valence electrons. The fraction of sp³-hybridized carbons (Fsp3) is 0.405. The second-order valence-corrected chi connectivity index (χ2v) is 14.3. The van der Waals surface area contributed by atoms with Crippen molar-refractivity contribution >= 4 is 23.0 Å². The van der Waals surface area contributed by atoms with Crippen LogP contribution in [0.3, 0.4) is 0 Å².